The number of H-pyrrole nitrogens is 1. The summed E-state index contributed by atoms with van der Waals surface area (Å²) in [6.45, 7) is 0. The summed E-state index contributed by atoms with van der Waals surface area (Å²) in [6, 6.07) is 16.0. The van der Waals surface area contributed by atoms with Crippen molar-refractivity contribution in [3.05, 3.63) is 99.4 Å². The van der Waals surface area contributed by atoms with Crippen LogP contribution >= 0.6 is 15.9 Å². The number of rotatable bonds is 4. The Morgan fingerprint density at radius 3 is 2.45 bits per heavy atom. The molecule has 1 aliphatic rings. The molecule has 2 unspecified atom stereocenters. The second-order valence-electron chi connectivity index (χ2n) is 8.82. The summed E-state index contributed by atoms with van der Waals surface area (Å²) in [7, 11) is 2.57. The number of ether oxygens (including phenoxy) is 2. The van der Waals surface area contributed by atoms with Crippen LogP contribution in [0.25, 0.3) is 10.9 Å². The molecule has 4 aromatic rings. The first-order valence-electron chi connectivity index (χ1n) is 11.7. The minimum atomic E-state index is -0.978. The molecule has 10 heteroatoms. The van der Waals surface area contributed by atoms with Gasteiger partial charge in [0.15, 0.2) is 0 Å². The lowest BCUT2D eigenvalue weighted by atomic mass is 9.88. The van der Waals surface area contributed by atoms with Crippen molar-refractivity contribution < 1.29 is 28.2 Å². The van der Waals surface area contributed by atoms with Gasteiger partial charge in [0, 0.05) is 33.2 Å². The average molecular weight is 580 g/mol. The van der Waals surface area contributed by atoms with Crippen molar-refractivity contribution in [2.24, 2.45) is 0 Å². The number of benzene rings is 3. The van der Waals surface area contributed by atoms with Gasteiger partial charge in [-0.15, -0.1) is 0 Å². The SMILES string of the molecule is COC(=O)c1ccc(C2c3[nH]c4ccccc4c3CC(C(=O)OC)N2C(=O)Nc2cc(F)cc(Br)c2)cc1. The molecule has 5 rings (SSSR count). The first kappa shape index (κ1) is 25.5. The van der Waals surface area contributed by atoms with Gasteiger partial charge in [-0.05, 0) is 47.5 Å². The highest BCUT2D eigenvalue weighted by molar-refractivity contribution is 9.10. The Balaban J connectivity index is 1.67. The second-order valence-corrected chi connectivity index (χ2v) is 9.73. The van der Waals surface area contributed by atoms with Crippen LogP contribution < -0.4 is 5.32 Å². The molecule has 2 heterocycles. The number of nitrogens with one attached hydrogen (secondary N) is 2. The third-order valence-corrected chi connectivity index (χ3v) is 7.06. The van der Waals surface area contributed by atoms with Crippen molar-refractivity contribution in [3.8, 4) is 0 Å². The van der Waals surface area contributed by atoms with Crippen molar-refractivity contribution >= 4 is 50.5 Å². The van der Waals surface area contributed by atoms with E-state index in [1.807, 2.05) is 24.3 Å². The summed E-state index contributed by atoms with van der Waals surface area (Å²) >= 11 is 3.24. The number of fused-ring (bicyclic) bond motifs is 3. The Morgan fingerprint density at radius 2 is 1.76 bits per heavy atom. The van der Waals surface area contributed by atoms with Gasteiger partial charge in [-0.1, -0.05) is 46.3 Å². The summed E-state index contributed by atoms with van der Waals surface area (Å²) in [5, 5.41) is 3.66. The van der Waals surface area contributed by atoms with Crippen LogP contribution in [0.5, 0.6) is 0 Å². The molecule has 0 spiro atoms. The fourth-order valence-electron chi connectivity index (χ4n) is 4.94. The minimum absolute atomic E-state index is 0.211. The number of aromatic nitrogens is 1. The number of nitrogens with zero attached hydrogens (tertiary/aromatic N) is 1. The standard InChI is InChI=1S/C28H23BrFN3O5/c1-37-26(34)16-9-7-15(8-10-16)25-24-21(20-5-3-4-6-22(20)32-24)14-23(27(35)38-2)33(25)28(36)31-19-12-17(29)11-18(30)13-19/h3-13,23,25,32H,14H2,1-2H3,(H,31,36). The zero-order valence-electron chi connectivity index (χ0n) is 20.5. The first-order valence-corrected chi connectivity index (χ1v) is 12.5. The normalized spacial score (nSPS) is 16.6. The molecule has 3 aromatic carbocycles. The molecule has 194 valence electrons. The maximum absolute atomic E-state index is 14.1. The summed E-state index contributed by atoms with van der Waals surface area (Å²) in [5.74, 6) is -1.62. The molecule has 0 fully saturated rings. The van der Waals surface area contributed by atoms with Gasteiger partial charge in [-0.25, -0.2) is 18.8 Å². The number of carbonyl (C=O) groups excluding carboxylic acids is 3. The van der Waals surface area contributed by atoms with Gasteiger partial charge in [-0.2, -0.15) is 0 Å². The molecule has 38 heavy (non-hydrogen) atoms. The van der Waals surface area contributed by atoms with Crippen LogP contribution in [0.15, 0.2) is 71.2 Å². The Labute approximate surface area is 225 Å². The number of para-hydroxylation sites is 1. The molecular weight excluding hydrogens is 557 g/mol. The van der Waals surface area contributed by atoms with E-state index in [0.29, 0.717) is 15.6 Å². The van der Waals surface area contributed by atoms with Crippen LogP contribution in [0.1, 0.15) is 33.2 Å². The lowest BCUT2D eigenvalue weighted by Gasteiger charge is -2.40. The van der Waals surface area contributed by atoms with E-state index in [4.69, 9.17) is 9.47 Å². The van der Waals surface area contributed by atoms with Gasteiger partial charge in [0.05, 0.1) is 19.8 Å². The van der Waals surface area contributed by atoms with Crippen molar-refractivity contribution in [2.45, 2.75) is 18.5 Å². The van der Waals surface area contributed by atoms with E-state index >= 15 is 0 Å². The smallest absolute Gasteiger partial charge is 0.337 e. The highest BCUT2D eigenvalue weighted by Gasteiger charge is 2.44. The van der Waals surface area contributed by atoms with Gasteiger partial charge in [0.2, 0.25) is 0 Å². The molecule has 0 radical (unpaired) electrons. The lowest BCUT2D eigenvalue weighted by Crippen LogP contribution is -2.53. The van der Waals surface area contributed by atoms with Crippen LogP contribution in [0.2, 0.25) is 0 Å². The zero-order chi connectivity index (χ0) is 27.0. The molecule has 2 amide bonds. The summed E-state index contributed by atoms with van der Waals surface area (Å²) in [4.78, 5) is 43.8. The molecule has 0 aliphatic carbocycles. The van der Waals surface area contributed by atoms with Crippen molar-refractivity contribution in [1.29, 1.82) is 0 Å². The third kappa shape index (κ3) is 4.63. The van der Waals surface area contributed by atoms with E-state index in [2.05, 4.69) is 26.2 Å². The fourth-order valence-corrected chi connectivity index (χ4v) is 5.40. The van der Waals surface area contributed by atoms with Crippen LogP contribution in [0, 0.1) is 5.82 Å². The largest absolute Gasteiger partial charge is 0.467 e. The molecule has 2 atom stereocenters. The molecule has 0 bridgehead atoms. The summed E-state index contributed by atoms with van der Waals surface area (Å²) in [6.07, 6.45) is 0.211. The number of aromatic amines is 1. The molecule has 0 saturated carbocycles. The molecule has 1 aromatic heterocycles. The summed E-state index contributed by atoms with van der Waals surface area (Å²) in [5.41, 5.74) is 3.67. The molecule has 8 nitrogen and oxygen atoms in total. The number of hydrogen-bond acceptors (Lipinski definition) is 5. The topological polar surface area (TPSA) is 101 Å². The highest BCUT2D eigenvalue weighted by Crippen LogP contribution is 2.41. The van der Waals surface area contributed by atoms with E-state index in [1.165, 1.54) is 31.3 Å². The van der Waals surface area contributed by atoms with E-state index in [1.54, 1.807) is 30.3 Å². The van der Waals surface area contributed by atoms with E-state index in [-0.39, 0.29) is 12.1 Å². The first-order chi connectivity index (χ1) is 18.3. The predicted octanol–water partition coefficient (Wildman–Crippen LogP) is 5.58. The Morgan fingerprint density at radius 1 is 1.03 bits per heavy atom. The van der Waals surface area contributed by atoms with Crippen LogP contribution in [-0.2, 0) is 20.7 Å². The Hall–Kier alpha value is -4.18. The van der Waals surface area contributed by atoms with E-state index in [9.17, 15) is 18.8 Å². The number of hydrogen-bond donors (Lipinski definition) is 2. The van der Waals surface area contributed by atoms with Crippen LogP contribution in [0.4, 0.5) is 14.9 Å². The van der Waals surface area contributed by atoms with E-state index in [0.717, 1.165) is 22.2 Å². The maximum atomic E-state index is 14.1. The Bertz CT molecular complexity index is 1530. The highest BCUT2D eigenvalue weighted by atomic mass is 79.9. The number of methoxy groups -OCH3 is 2. The van der Waals surface area contributed by atoms with Gasteiger partial charge in [-0.3, -0.25) is 4.90 Å². The monoisotopic (exact) mass is 579 g/mol. The summed E-state index contributed by atoms with van der Waals surface area (Å²) < 4.78 is 24.4. The molecule has 2 N–H and O–H groups in total. The van der Waals surface area contributed by atoms with Crippen molar-refractivity contribution in [2.75, 3.05) is 19.5 Å². The lowest BCUT2D eigenvalue weighted by molar-refractivity contribution is -0.146. The quantitative estimate of drug-likeness (QED) is 0.307. The van der Waals surface area contributed by atoms with Gasteiger partial charge < -0.3 is 19.8 Å². The third-order valence-electron chi connectivity index (χ3n) is 6.60. The molecular formula is C28H23BrFN3O5. The van der Waals surface area contributed by atoms with Gasteiger partial charge >= 0.3 is 18.0 Å². The van der Waals surface area contributed by atoms with Gasteiger partial charge in [0.1, 0.15) is 17.9 Å². The minimum Gasteiger partial charge on any atom is -0.467 e. The maximum Gasteiger partial charge on any atom is 0.337 e. The fraction of sp³-hybridized carbons (Fsp3) is 0.179. The van der Waals surface area contributed by atoms with Gasteiger partial charge in [0.25, 0.3) is 0 Å². The Kier molecular flexibility index (Phi) is 6.90. The van der Waals surface area contributed by atoms with E-state index < -0.39 is 35.9 Å². The molecule has 0 saturated heterocycles. The number of urea groups is 1. The number of carbonyl (C=O) groups is 3. The number of esters is 2. The second kappa shape index (κ2) is 10.3. The molecule has 1 aliphatic heterocycles. The van der Waals surface area contributed by atoms with Crippen molar-refractivity contribution in [3.63, 3.8) is 0 Å². The van der Waals surface area contributed by atoms with Crippen LogP contribution in [0.3, 0.4) is 0 Å². The number of halogens is 2. The van der Waals surface area contributed by atoms with Crippen molar-refractivity contribution in [1.82, 2.24) is 9.88 Å². The zero-order valence-corrected chi connectivity index (χ0v) is 22.0. The predicted molar refractivity (Wildman–Crippen MR) is 142 cm³/mol. The number of anilines is 1. The number of amides is 2. The average Bonchev–Trinajstić information content (AvgIpc) is 3.29. The van der Waals surface area contributed by atoms with Crippen LogP contribution in [-0.4, -0.2) is 48.1 Å².